The van der Waals surface area contributed by atoms with Crippen molar-refractivity contribution in [3.8, 4) is 0 Å². The first-order chi connectivity index (χ1) is 9.00. The summed E-state index contributed by atoms with van der Waals surface area (Å²) in [6, 6.07) is 0. The largest absolute Gasteiger partial charge is 0.378 e. The molecule has 0 aromatic carbocycles. The average Bonchev–Trinajstić information content (AvgIpc) is 2.98. The number of nitrogens with one attached hydrogen (secondary N) is 1. The molecular weight excluding hydrogens is 244 g/mol. The van der Waals surface area contributed by atoms with E-state index >= 15 is 0 Å². The molecule has 110 valence electrons. The number of methoxy groups -OCH3 is 1. The van der Waals surface area contributed by atoms with Gasteiger partial charge in [0.1, 0.15) is 5.60 Å². The molecule has 0 spiro atoms. The fraction of sp³-hybridized carbons (Fsp3) is 0.929. The highest BCUT2D eigenvalue weighted by atomic mass is 16.5. The fourth-order valence-corrected chi connectivity index (χ4v) is 2.97. The van der Waals surface area contributed by atoms with Gasteiger partial charge in [-0.05, 0) is 19.8 Å². The van der Waals surface area contributed by atoms with Gasteiger partial charge in [0, 0.05) is 20.1 Å². The number of hydrogen-bond donors (Lipinski definition) is 1. The first-order valence-electron chi connectivity index (χ1n) is 7.22. The molecule has 2 aliphatic heterocycles. The third-order valence-electron chi connectivity index (χ3n) is 4.65. The number of nitrogens with zero attached hydrogens (tertiary/aromatic N) is 1. The second kappa shape index (κ2) is 5.38. The van der Waals surface area contributed by atoms with Gasteiger partial charge in [0.15, 0.2) is 0 Å². The minimum absolute atomic E-state index is 0.102. The minimum Gasteiger partial charge on any atom is -0.378 e. The van der Waals surface area contributed by atoms with Gasteiger partial charge in [-0.1, -0.05) is 13.8 Å². The van der Waals surface area contributed by atoms with Crippen LogP contribution in [0.25, 0.3) is 0 Å². The Morgan fingerprint density at radius 3 is 2.74 bits per heavy atom. The normalized spacial score (nSPS) is 39.3. The van der Waals surface area contributed by atoms with Gasteiger partial charge in [-0.3, -0.25) is 10.1 Å². The Morgan fingerprint density at radius 1 is 1.53 bits per heavy atom. The quantitative estimate of drug-likeness (QED) is 0.813. The van der Waals surface area contributed by atoms with Gasteiger partial charge in [0.05, 0.1) is 24.9 Å². The summed E-state index contributed by atoms with van der Waals surface area (Å²) in [5.74, 6) is 0.185. The van der Waals surface area contributed by atoms with E-state index in [2.05, 4.69) is 12.2 Å². The number of amides is 1. The van der Waals surface area contributed by atoms with Crippen molar-refractivity contribution in [2.24, 2.45) is 0 Å². The van der Waals surface area contributed by atoms with Gasteiger partial charge in [0.2, 0.25) is 5.91 Å². The zero-order valence-electron chi connectivity index (χ0n) is 12.5. The molecule has 1 N–H and O–H groups in total. The highest BCUT2D eigenvalue weighted by molar-refractivity contribution is 5.88. The molecule has 5 heteroatoms. The average molecular weight is 270 g/mol. The van der Waals surface area contributed by atoms with Gasteiger partial charge >= 0.3 is 0 Å². The fourth-order valence-electron chi connectivity index (χ4n) is 2.97. The van der Waals surface area contributed by atoms with E-state index in [1.165, 1.54) is 0 Å². The molecule has 2 saturated heterocycles. The predicted molar refractivity (Wildman–Crippen MR) is 72.8 cm³/mol. The molecule has 19 heavy (non-hydrogen) atoms. The number of ether oxygens (including phenoxy) is 2. The van der Waals surface area contributed by atoms with Crippen molar-refractivity contribution in [2.45, 2.75) is 57.3 Å². The summed E-state index contributed by atoms with van der Waals surface area (Å²) in [5.41, 5.74) is -0.765. The lowest BCUT2D eigenvalue weighted by molar-refractivity contribution is -0.137. The van der Waals surface area contributed by atoms with Gasteiger partial charge in [-0.15, -0.1) is 0 Å². The SMILES string of the molecule is CCC1NC(C)(CC)C(=O)N1CC1(OC)CCOC1. The van der Waals surface area contributed by atoms with Gasteiger partial charge < -0.3 is 14.4 Å². The Bertz CT molecular complexity index is 342. The van der Waals surface area contributed by atoms with Crippen LogP contribution in [0.4, 0.5) is 0 Å². The summed E-state index contributed by atoms with van der Waals surface area (Å²) in [6.07, 6.45) is 2.66. The van der Waals surface area contributed by atoms with Crippen LogP contribution in [0.2, 0.25) is 0 Å². The molecule has 0 saturated carbocycles. The van der Waals surface area contributed by atoms with Crippen LogP contribution in [0.15, 0.2) is 0 Å². The Kier molecular flexibility index (Phi) is 4.18. The first kappa shape index (κ1) is 14.8. The highest BCUT2D eigenvalue weighted by Gasteiger charge is 2.49. The van der Waals surface area contributed by atoms with E-state index in [9.17, 15) is 4.79 Å². The van der Waals surface area contributed by atoms with E-state index in [1.807, 2.05) is 18.7 Å². The summed E-state index contributed by atoms with van der Waals surface area (Å²) in [5, 5.41) is 3.46. The van der Waals surface area contributed by atoms with Crippen molar-refractivity contribution >= 4 is 5.91 Å². The second-order valence-corrected chi connectivity index (χ2v) is 5.88. The lowest BCUT2D eigenvalue weighted by atomic mass is 9.98. The zero-order chi connectivity index (χ0) is 14.1. The molecule has 0 aromatic heterocycles. The Labute approximate surface area is 115 Å². The molecule has 2 fully saturated rings. The maximum Gasteiger partial charge on any atom is 0.243 e. The molecule has 3 unspecified atom stereocenters. The monoisotopic (exact) mass is 270 g/mol. The summed E-state index contributed by atoms with van der Waals surface area (Å²) >= 11 is 0. The van der Waals surface area contributed by atoms with Crippen molar-refractivity contribution in [1.29, 1.82) is 0 Å². The Morgan fingerprint density at radius 2 is 2.26 bits per heavy atom. The summed E-state index contributed by atoms with van der Waals surface area (Å²) in [7, 11) is 1.71. The van der Waals surface area contributed by atoms with Crippen LogP contribution in [-0.4, -0.2) is 55.0 Å². The standard InChI is InChI=1S/C14H26N2O3/c1-5-11-15-13(3,6-2)12(17)16(11)9-14(18-4)7-8-19-10-14/h11,15H,5-10H2,1-4H3. The van der Waals surface area contributed by atoms with Crippen molar-refractivity contribution in [1.82, 2.24) is 10.2 Å². The van der Waals surface area contributed by atoms with E-state index < -0.39 is 5.54 Å². The van der Waals surface area contributed by atoms with Crippen molar-refractivity contribution in [3.05, 3.63) is 0 Å². The predicted octanol–water partition coefficient (Wildman–Crippen LogP) is 1.13. The van der Waals surface area contributed by atoms with Crippen molar-refractivity contribution in [2.75, 3.05) is 26.9 Å². The highest BCUT2D eigenvalue weighted by Crippen LogP contribution is 2.30. The summed E-state index contributed by atoms with van der Waals surface area (Å²) < 4.78 is 11.1. The van der Waals surface area contributed by atoms with Crippen LogP contribution in [0.1, 0.15) is 40.0 Å². The molecule has 3 atom stereocenters. The molecular formula is C14H26N2O3. The molecule has 1 amide bonds. The van der Waals surface area contributed by atoms with E-state index in [0.29, 0.717) is 19.8 Å². The van der Waals surface area contributed by atoms with E-state index in [0.717, 1.165) is 19.3 Å². The molecule has 0 aliphatic carbocycles. The van der Waals surface area contributed by atoms with Crippen LogP contribution in [0, 0.1) is 0 Å². The van der Waals surface area contributed by atoms with E-state index in [-0.39, 0.29) is 17.7 Å². The van der Waals surface area contributed by atoms with Gasteiger partial charge in [0.25, 0.3) is 0 Å². The molecule has 2 aliphatic rings. The van der Waals surface area contributed by atoms with Crippen LogP contribution in [0.3, 0.4) is 0 Å². The molecule has 2 rings (SSSR count). The lowest BCUT2D eigenvalue weighted by Crippen LogP contribution is -2.50. The third kappa shape index (κ3) is 2.51. The Balaban J connectivity index is 2.15. The van der Waals surface area contributed by atoms with E-state index in [1.54, 1.807) is 7.11 Å². The molecule has 2 heterocycles. The molecule has 0 radical (unpaired) electrons. The summed E-state index contributed by atoms with van der Waals surface area (Å²) in [6.45, 7) is 8.04. The number of hydrogen-bond acceptors (Lipinski definition) is 4. The number of rotatable bonds is 5. The van der Waals surface area contributed by atoms with Crippen LogP contribution in [0.5, 0.6) is 0 Å². The molecule has 0 bridgehead atoms. The molecule has 5 nitrogen and oxygen atoms in total. The van der Waals surface area contributed by atoms with Gasteiger partial charge in [-0.2, -0.15) is 0 Å². The van der Waals surface area contributed by atoms with Crippen LogP contribution in [-0.2, 0) is 14.3 Å². The minimum atomic E-state index is -0.435. The lowest BCUT2D eigenvalue weighted by Gasteiger charge is -2.33. The number of carbonyl (C=O) groups is 1. The van der Waals surface area contributed by atoms with Crippen molar-refractivity contribution < 1.29 is 14.3 Å². The van der Waals surface area contributed by atoms with Crippen LogP contribution < -0.4 is 5.32 Å². The van der Waals surface area contributed by atoms with E-state index in [4.69, 9.17) is 9.47 Å². The van der Waals surface area contributed by atoms with Gasteiger partial charge in [-0.25, -0.2) is 0 Å². The van der Waals surface area contributed by atoms with Crippen LogP contribution >= 0.6 is 0 Å². The maximum atomic E-state index is 12.6. The smallest absolute Gasteiger partial charge is 0.243 e. The zero-order valence-corrected chi connectivity index (χ0v) is 12.5. The second-order valence-electron chi connectivity index (χ2n) is 5.88. The first-order valence-corrected chi connectivity index (χ1v) is 7.22. The molecule has 0 aromatic rings. The summed E-state index contributed by atoms with van der Waals surface area (Å²) in [4.78, 5) is 14.6. The Hall–Kier alpha value is -0.650. The third-order valence-corrected chi connectivity index (χ3v) is 4.65. The topological polar surface area (TPSA) is 50.8 Å². The number of carbonyl (C=O) groups excluding carboxylic acids is 1. The maximum absolute atomic E-state index is 12.6. The van der Waals surface area contributed by atoms with Crippen molar-refractivity contribution in [3.63, 3.8) is 0 Å².